The molecule has 14 atom stereocenters. The Morgan fingerprint density at radius 3 is 2.04 bits per heavy atom. The Bertz CT molecular complexity index is 1310. The third kappa shape index (κ3) is 11.9. The van der Waals surface area contributed by atoms with Crippen molar-refractivity contribution in [1.82, 2.24) is 0 Å². The number of aliphatic hydroxyl groups excluding tert-OH is 4. The summed E-state index contributed by atoms with van der Waals surface area (Å²) in [5.74, 6) is -4.04. The van der Waals surface area contributed by atoms with Crippen LogP contribution in [0.5, 0.6) is 0 Å². The molecule has 0 radical (unpaired) electrons. The first-order chi connectivity index (χ1) is 25.2. The number of cyclic esters (lactones) is 2. The summed E-state index contributed by atoms with van der Waals surface area (Å²) in [5, 5.41) is 43.0. The molecular formula is C41H68O13. The molecule has 13 nitrogen and oxygen atoms in total. The van der Waals surface area contributed by atoms with E-state index in [2.05, 4.69) is 25.5 Å². The van der Waals surface area contributed by atoms with Crippen LogP contribution in [0.3, 0.4) is 0 Å². The number of methoxy groups -OCH3 is 1. The van der Waals surface area contributed by atoms with Crippen molar-refractivity contribution in [2.45, 2.75) is 181 Å². The highest BCUT2D eigenvalue weighted by atomic mass is 16.7. The molecule has 3 aliphatic rings. The van der Waals surface area contributed by atoms with Gasteiger partial charge in [0.2, 0.25) is 0 Å². The number of hydrogen-bond donors (Lipinski definition) is 4. The molecule has 2 fully saturated rings. The summed E-state index contributed by atoms with van der Waals surface area (Å²) in [6, 6.07) is 0. The van der Waals surface area contributed by atoms with Crippen LogP contribution >= 0.6 is 0 Å². The third-order valence-corrected chi connectivity index (χ3v) is 12.4. The summed E-state index contributed by atoms with van der Waals surface area (Å²) in [6.07, 6.45) is -1.69. The lowest BCUT2D eigenvalue weighted by Gasteiger charge is -2.51. The highest BCUT2D eigenvalue weighted by molar-refractivity contribution is 6.12. The van der Waals surface area contributed by atoms with Crippen molar-refractivity contribution in [3.63, 3.8) is 0 Å². The summed E-state index contributed by atoms with van der Waals surface area (Å²) in [4.78, 5) is 49.7. The second-order valence-corrected chi connectivity index (χ2v) is 16.9. The molecule has 0 aromatic rings. The zero-order valence-electron chi connectivity index (χ0n) is 34.1. The van der Waals surface area contributed by atoms with Crippen molar-refractivity contribution in [3.05, 3.63) is 11.1 Å². The molecule has 3 aliphatic heterocycles. The van der Waals surface area contributed by atoms with Crippen molar-refractivity contribution in [3.8, 4) is 0 Å². The molecule has 54 heavy (non-hydrogen) atoms. The predicted molar refractivity (Wildman–Crippen MR) is 198 cm³/mol. The first-order valence-corrected chi connectivity index (χ1v) is 20.0. The number of hydrogen-bond acceptors (Lipinski definition) is 13. The molecule has 0 bridgehead atoms. The smallest absolute Gasteiger partial charge is 0.342 e. The Morgan fingerprint density at radius 2 is 1.48 bits per heavy atom. The first-order valence-electron chi connectivity index (χ1n) is 20.0. The molecule has 3 heterocycles. The van der Waals surface area contributed by atoms with Crippen LogP contribution in [0.25, 0.3) is 0 Å². The van der Waals surface area contributed by atoms with Crippen molar-refractivity contribution < 1.29 is 63.3 Å². The summed E-state index contributed by atoms with van der Waals surface area (Å²) in [7, 11) is 1.36. The quantitative estimate of drug-likeness (QED) is 0.0994. The fourth-order valence-electron chi connectivity index (χ4n) is 8.01. The van der Waals surface area contributed by atoms with E-state index in [1.165, 1.54) is 14.0 Å². The monoisotopic (exact) mass is 768 g/mol. The van der Waals surface area contributed by atoms with Gasteiger partial charge in [0, 0.05) is 62.2 Å². The van der Waals surface area contributed by atoms with E-state index < -0.39 is 66.2 Å². The Balaban J connectivity index is 1.54. The predicted octanol–water partition coefficient (Wildman–Crippen LogP) is 4.58. The van der Waals surface area contributed by atoms with Gasteiger partial charge in [0.1, 0.15) is 18.0 Å². The van der Waals surface area contributed by atoms with Gasteiger partial charge in [0.15, 0.2) is 5.79 Å². The fourth-order valence-corrected chi connectivity index (χ4v) is 8.01. The molecule has 0 aliphatic carbocycles. The van der Waals surface area contributed by atoms with Crippen LogP contribution in [0.4, 0.5) is 0 Å². The molecule has 0 saturated carbocycles. The van der Waals surface area contributed by atoms with Crippen LogP contribution in [0.15, 0.2) is 11.1 Å². The molecule has 0 amide bonds. The van der Waals surface area contributed by atoms with Gasteiger partial charge in [-0.1, -0.05) is 48.5 Å². The maximum Gasteiger partial charge on any atom is 0.342 e. The van der Waals surface area contributed by atoms with Crippen molar-refractivity contribution in [2.24, 2.45) is 35.5 Å². The minimum absolute atomic E-state index is 0.0388. The molecule has 2 unspecified atom stereocenters. The van der Waals surface area contributed by atoms with Crippen molar-refractivity contribution in [2.75, 3.05) is 7.11 Å². The van der Waals surface area contributed by atoms with Gasteiger partial charge in [0.25, 0.3) is 0 Å². The Hall–Kier alpha value is -2.26. The minimum atomic E-state index is -1.32. The summed E-state index contributed by atoms with van der Waals surface area (Å²) >= 11 is 0. The summed E-state index contributed by atoms with van der Waals surface area (Å²) < 4.78 is 29.2. The van der Waals surface area contributed by atoms with Gasteiger partial charge >= 0.3 is 17.9 Å². The Labute approximate surface area is 321 Å². The van der Waals surface area contributed by atoms with Crippen LogP contribution in [0.1, 0.15) is 127 Å². The highest BCUT2D eigenvalue weighted by Gasteiger charge is 2.48. The zero-order chi connectivity index (χ0) is 40.7. The van der Waals surface area contributed by atoms with Crippen LogP contribution in [0.2, 0.25) is 0 Å². The SMILES string of the molecule is CO[C@@H]([C@H](O)CC(=O)[C@@H](C)[C@@H](O)CC[C@@H](C)[C@@H]1O[C@]2(CC[C@@H](C)[C@H](CC(O)[C@@H](C)C(C)O)O2)CC[C@@H]1C)[C@H](OC(=O)CCC1=C(C)C(=O)OC1=O)C(C)C. The minimum Gasteiger partial charge on any atom is -0.459 e. The normalized spacial score (nSPS) is 30.0. The van der Waals surface area contributed by atoms with E-state index in [-0.39, 0.29) is 78.0 Å². The van der Waals surface area contributed by atoms with Gasteiger partial charge in [-0.2, -0.15) is 0 Å². The highest BCUT2D eigenvalue weighted by Crippen LogP contribution is 2.46. The topological polar surface area (TPSA) is 195 Å². The lowest BCUT2D eigenvalue weighted by atomic mass is 9.79. The first kappa shape index (κ1) is 46.1. The third-order valence-electron chi connectivity index (χ3n) is 12.4. The van der Waals surface area contributed by atoms with Crippen LogP contribution in [-0.2, 0) is 42.9 Å². The molecule has 0 aromatic carbocycles. The van der Waals surface area contributed by atoms with Crippen molar-refractivity contribution in [1.29, 1.82) is 0 Å². The number of Topliss-reactive ketones (excluding diaryl/α,β-unsaturated/α-hetero) is 1. The molecule has 13 heteroatoms. The van der Waals surface area contributed by atoms with E-state index in [9.17, 15) is 39.6 Å². The maximum absolute atomic E-state index is 13.3. The molecule has 3 rings (SSSR count). The zero-order valence-corrected chi connectivity index (χ0v) is 34.1. The number of carbonyl (C=O) groups excluding carboxylic acids is 4. The molecule has 2 saturated heterocycles. The van der Waals surface area contributed by atoms with Crippen LogP contribution in [0, 0.1) is 35.5 Å². The maximum atomic E-state index is 13.3. The van der Waals surface area contributed by atoms with Gasteiger partial charge in [-0.15, -0.1) is 0 Å². The standard InChI is InChI=1S/C41H68O13/c1-21(2)36(51-35(47)14-12-29-26(7)39(48)52-40(29)49)38(50-10)33(46)19-31(44)27(8)30(43)13-11-23(4)37-24(5)16-18-41(54-37)17-15-22(3)34(53-41)20-32(45)25(6)28(9)42/h21-25,27-28,30,32-34,36-38,42-43,45-46H,11-20H2,1-10H3/t22-,23-,24+,25+,27+,28?,30+,32?,33-,34+,36-,37+,38+,41-/m1/s1. The van der Waals surface area contributed by atoms with Gasteiger partial charge in [-0.25, -0.2) is 9.59 Å². The number of ketones is 1. The second kappa shape index (κ2) is 20.2. The lowest BCUT2D eigenvalue weighted by Crippen LogP contribution is -2.54. The molecule has 310 valence electrons. The molecule has 0 aromatic heterocycles. The average molecular weight is 769 g/mol. The number of carbonyl (C=O) groups is 4. The largest absolute Gasteiger partial charge is 0.459 e. The summed E-state index contributed by atoms with van der Waals surface area (Å²) in [6.45, 7) is 16.6. The van der Waals surface area contributed by atoms with Crippen molar-refractivity contribution >= 4 is 23.7 Å². The van der Waals surface area contributed by atoms with Gasteiger partial charge in [-0.05, 0) is 69.6 Å². The van der Waals surface area contributed by atoms with E-state index in [0.717, 1.165) is 25.7 Å². The lowest BCUT2D eigenvalue weighted by molar-refractivity contribution is -0.339. The van der Waals surface area contributed by atoms with E-state index >= 15 is 0 Å². The summed E-state index contributed by atoms with van der Waals surface area (Å²) in [5.41, 5.74) is 0.278. The van der Waals surface area contributed by atoms with Gasteiger partial charge in [-0.3, -0.25) is 9.59 Å². The number of rotatable bonds is 20. The van der Waals surface area contributed by atoms with E-state index in [0.29, 0.717) is 19.3 Å². The van der Waals surface area contributed by atoms with E-state index in [1.807, 2.05) is 6.92 Å². The molecular weight excluding hydrogens is 700 g/mol. The van der Waals surface area contributed by atoms with E-state index in [4.69, 9.17) is 18.9 Å². The molecule has 4 N–H and O–H groups in total. The van der Waals surface area contributed by atoms with E-state index in [1.54, 1.807) is 27.7 Å². The fraction of sp³-hybridized carbons (Fsp3) is 0.854. The van der Waals surface area contributed by atoms with Crippen LogP contribution in [-0.4, -0.2) is 106 Å². The van der Waals surface area contributed by atoms with Gasteiger partial charge < -0.3 is 44.1 Å². The number of ether oxygens (including phenoxy) is 5. The Kier molecular flexibility index (Phi) is 17.3. The Morgan fingerprint density at radius 1 is 0.852 bits per heavy atom. The number of aliphatic hydroxyl groups is 4. The second-order valence-electron chi connectivity index (χ2n) is 16.9. The number of esters is 3. The van der Waals surface area contributed by atoms with Gasteiger partial charge in [0.05, 0.1) is 36.6 Å². The molecule has 1 spiro atoms. The average Bonchev–Trinajstić information content (AvgIpc) is 3.36. The van der Waals surface area contributed by atoms with Crippen LogP contribution < -0.4 is 0 Å².